The number of benzene rings is 1. The molecule has 0 spiro atoms. The van der Waals surface area contributed by atoms with Crippen LogP contribution in [0.5, 0.6) is 0 Å². The highest BCUT2D eigenvalue weighted by molar-refractivity contribution is 6.25. The SMILES string of the molecule is O=C1CCC(N2C(=O)c3cccc(NCCOCCCCCCCCOCCO)c3C2=O)C(=O)N1. The van der Waals surface area contributed by atoms with Crippen molar-refractivity contribution in [1.29, 1.82) is 0 Å². The van der Waals surface area contributed by atoms with Crippen molar-refractivity contribution in [3.05, 3.63) is 29.3 Å². The van der Waals surface area contributed by atoms with Crippen LogP contribution in [0, 0.1) is 0 Å². The Balaban J connectivity index is 1.35. The molecule has 10 nitrogen and oxygen atoms in total. The van der Waals surface area contributed by atoms with Gasteiger partial charge in [0.05, 0.1) is 30.9 Å². The van der Waals surface area contributed by atoms with Crippen molar-refractivity contribution in [3.8, 4) is 0 Å². The number of unbranched alkanes of at least 4 members (excludes halogenated alkanes) is 5. The number of carbonyl (C=O) groups is 4. The Kier molecular flexibility index (Phi) is 10.6. The molecular formula is C25H35N3O7. The van der Waals surface area contributed by atoms with E-state index in [0.29, 0.717) is 38.7 Å². The highest BCUT2D eigenvalue weighted by atomic mass is 16.5. The molecule has 192 valence electrons. The summed E-state index contributed by atoms with van der Waals surface area (Å²) in [7, 11) is 0. The van der Waals surface area contributed by atoms with Gasteiger partial charge in [-0.1, -0.05) is 31.7 Å². The topological polar surface area (TPSA) is 134 Å². The molecule has 1 fully saturated rings. The van der Waals surface area contributed by atoms with Gasteiger partial charge in [-0.25, -0.2) is 0 Å². The average molecular weight is 490 g/mol. The molecule has 0 radical (unpaired) electrons. The number of hydrogen-bond acceptors (Lipinski definition) is 8. The molecule has 0 bridgehead atoms. The maximum atomic E-state index is 13.1. The molecule has 0 aliphatic carbocycles. The minimum absolute atomic E-state index is 0.0734. The minimum atomic E-state index is -0.976. The quantitative estimate of drug-likeness (QED) is 0.237. The second-order valence-corrected chi connectivity index (χ2v) is 8.67. The number of aliphatic hydroxyl groups excluding tert-OH is 1. The van der Waals surface area contributed by atoms with E-state index in [1.165, 1.54) is 0 Å². The zero-order valence-corrected chi connectivity index (χ0v) is 20.1. The van der Waals surface area contributed by atoms with Crippen LogP contribution in [0.25, 0.3) is 0 Å². The normalized spacial score (nSPS) is 17.6. The fraction of sp³-hybridized carbons (Fsp3) is 0.600. The number of rotatable bonds is 16. The maximum absolute atomic E-state index is 13.1. The van der Waals surface area contributed by atoms with Gasteiger partial charge >= 0.3 is 0 Å². The predicted octanol–water partition coefficient (Wildman–Crippen LogP) is 1.87. The smallest absolute Gasteiger partial charge is 0.264 e. The van der Waals surface area contributed by atoms with E-state index in [0.717, 1.165) is 43.4 Å². The third-order valence-corrected chi connectivity index (χ3v) is 6.09. The van der Waals surface area contributed by atoms with E-state index >= 15 is 0 Å². The van der Waals surface area contributed by atoms with Gasteiger partial charge in [0.2, 0.25) is 11.8 Å². The van der Waals surface area contributed by atoms with Crippen molar-refractivity contribution in [1.82, 2.24) is 10.2 Å². The Morgan fingerprint density at radius 2 is 1.60 bits per heavy atom. The number of nitrogens with zero attached hydrogens (tertiary/aromatic N) is 1. The van der Waals surface area contributed by atoms with Crippen LogP contribution in [0.4, 0.5) is 5.69 Å². The van der Waals surface area contributed by atoms with Gasteiger partial charge in [-0.15, -0.1) is 0 Å². The van der Waals surface area contributed by atoms with Gasteiger partial charge in [0.15, 0.2) is 0 Å². The summed E-state index contributed by atoms with van der Waals surface area (Å²) >= 11 is 0. The number of amides is 4. The lowest BCUT2D eigenvalue weighted by Gasteiger charge is -2.27. The monoisotopic (exact) mass is 489 g/mol. The lowest BCUT2D eigenvalue weighted by Crippen LogP contribution is -2.54. The number of aliphatic hydroxyl groups is 1. The molecule has 4 amide bonds. The lowest BCUT2D eigenvalue weighted by molar-refractivity contribution is -0.136. The molecule has 2 heterocycles. The Morgan fingerprint density at radius 1 is 0.914 bits per heavy atom. The van der Waals surface area contributed by atoms with Gasteiger partial charge in [-0.05, 0) is 31.4 Å². The summed E-state index contributed by atoms with van der Waals surface area (Å²) in [5, 5.41) is 14.0. The third kappa shape index (κ3) is 7.33. The number of carbonyl (C=O) groups excluding carboxylic acids is 4. The van der Waals surface area contributed by atoms with Crippen molar-refractivity contribution in [2.75, 3.05) is 44.9 Å². The van der Waals surface area contributed by atoms with Gasteiger partial charge in [0.25, 0.3) is 11.8 Å². The van der Waals surface area contributed by atoms with E-state index in [9.17, 15) is 19.2 Å². The van der Waals surface area contributed by atoms with Crippen molar-refractivity contribution in [2.24, 2.45) is 0 Å². The highest BCUT2D eigenvalue weighted by Crippen LogP contribution is 2.32. The number of ether oxygens (including phenoxy) is 2. The standard InChI is InChI=1S/C25H35N3O7/c29-13-17-35-15-6-4-2-1-3-5-14-34-16-12-26-19-9-7-8-18-22(19)25(33)28(24(18)32)20-10-11-21(30)27-23(20)31/h7-9,20,26,29H,1-6,10-17H2,(H,27,30,31). The highest BCUT2D eigenvalue weighted by Gasteiger charge is 2.45. The van der Waals surface area contributed by atoms with Crippen LogP contribution in [-0.2, 0) is 19.1 Å². The summed E-state index contributed by atoms with van der Waals surface area (Å²) in [5.74, 6) is -2.06. The number of piperidine rings is 1. The van der Waals surface area contributed by atoms with Crippen molar-refractivity contribution < 1.29 is 33.8 Å². The first-order valence-corrected chi connectivity index (χ1v) is 12.4. The van der Waals surface area contributed by atoms with Crippen LogP contribution in [0.3, 0.4) is 0 Å². The minimum Gasteiger partial charge on any atom is -0.394 e. The van der Waals surface area contributed by atoms with Gasteiger partial charge in [-0.2, -0.15) is 0 Å². The van der Waals surface area contributed by atoms with Crippen molar-refractivity contribution in [2.45, 2.75) is 57.4 Å². The summed E-state index contributed by atoms with van der Waals surface area (Å²) in [6.07, 6.45) is 6.76. The van der Waals surface area contributed by atoms with Gasteiger partial charge in [0, 0.05) is 31.9 Å². The van der Waals surface area contributed by atoms with Crippen molar-refractivity contribution in [3.63, 3.8) is 0 Å². The number of fused-ring (bicyclic) bond motifs is 1. The first kappa shape index (κ1) is 26.8. The van der Waals surface area contributed by atoms with E-state index in [1.807, 2.05) is 0 Å². The molecule has 2 aliphatic heterocycles. The molecule has 1 unspecified atom stereocenters. The molecule has 1 aromatic rings. The summed E-state index contributed by atoms with van der Waals surface area (Å²) in [6, 6.07) is 4.02. The van der Waals surface area contributed by atoms with Crippen LogP contribution in [0.2, 0.25) is 0 Å². The molecule has 1 saturated heterocycles. The summed E-state index contributed by atoms with van der Waals surface area (Å²) in [5.41, 5.74) is 1.04. The molecule has 10 heteroatoms. The van der Waals surface area contributed by atoms with Crippen LogP contribution >= 0.6 is 0 Å². The molecule has 0 saturated carbocycles. The number of anilines is 1. The predicted molar refractivity (Wildman–Crippen MR) is 128 cm³/mol. The first-order valence-electron chi connectivity index (χ1n) is 12.4. The van der Waals surface area contributed by atoms with Crippen LogP contribution < -0.4 is 10.6 Å². The summed E-state index contributed by atoms with van der Waals surface area (Å²) in [6.45, 7) is 2.79. The summed E-state index contributed by atoms with van der Waals surface area (Å²) < 4.78 is 10.9. The molecule has 0 aromatic heterocycles. The first-order chi connectivity index (χ1) is 17.0. The van der Waals surface area contributed by atoms with E-state index in [4.69, 9.17) is 14.6 Å². The van der Waals surface area contributed by atoms with Crippen LogP contribution in [0.15, 0.2) is 18.2 Å². The molecule has 3 N–H and O–H groups in total. The second kappa shape index (κ2) is 13.9. The zero-order chi connectivity index (χ0) is 25.0. The van der Waals surface area contributed by atoms with Gasteiger partial charge < -0.3 is 19.9 Å². The van der Waals surface area contributed by atoms with E-state index < -0.39 is 29.7 Å². The maximum Gasteiger partial charge on any atom is 0.264 e. The molecule has 35 heavy (non-hydrogen) atoms. The van der Waals surface area contributed by atoms with E-state index in [1.54, 1.807) is 18.2 Å². The number of imide groups is 2. The Hall–Kier alpha value is -2.82. The van der Waals surface area contributed by atoms with Gasteiger partial charge in [-0.3, -0.25) is 29.4 Å². The molecule has 3 rings (SSSR count). The third-order valence-electron chi connectivity index (χ3n) is 6.09. The molecular weight excluding hydrogens is 454 g/mol. The van der Waals surface area contributed by atoms with Crippen LogP contribution in [-0.4, -0.2) is 79.3 Å². The zero-order valence-electron chi connectivity index (χ0n) is 20.1. The van der Waals surface area contributed by atoms with E-state index in [2.05, 4.69) is 10.6 Å². The Labute approximate surface area is 205 Å². The Morgan fingerprint density at radius 3 is 2.29 bits per heavy atom. The fourth-order valence-electron chi connectivity index (χ4n) is 4.30. The molecule has 1 aromatic carbocycles. The van der Waals surface area contributed by atoms with Crippen molar-refractivity contribution >= 4 is 29.3 Å². The lowest BCUT2D eigenvalue weighted by atomic mass is 10.0. The summed E-state index contributed by atoms with van der Waals surface area (Å²) in [4.78, 5) is 50.5. The number of hydrogen-bond donors (Lipinski definition) is 3. The number of nitrogens with one attached hydrogen (secondary N) is 2. The average Bonchev–Trinajstić information content (AvgIpc) is 3.10. The molecule has 1 atom stereocenters. The fourth-order valence-corrected chi connectivity index (χ4v) is 4.30. The van der Waals surface area contributed by atoms with Gasteiger partial charge in [0.1, 0.15) is 6.04 Å². The Bertz CT molecular complexity index is 905. The second-order valence-electron chi connectivity index (χ2n) is 8.67. The van der Waals surface area contributed by atoms with E-state index in [-0.39, 0.29) is 30.6 Å². The largest absolute Gasteiger partial charge is 0.394 e. The molecule has 2 aliphatic rings. The van der Waals surface area contributed by atoms with Crippen LogP contribution in [0.1, 0.15) is 72.1 Å².